The van der Waals surface area contributed by atoms with E-state index in [9.17, 15) is 14.4 Å². The molecule has 0 spiro atoms. The first-order valence-electron chi connectivity index (χ1n) is 13.3. The minimum Gasteiger partial charge on any atom is -0.444 e. The molecular formula is C29H32FN7O2S. The highest BCUT2D eigenvalue weighted by Gasteiger charge is 2.31. The van der Waals surface area contributed by atoms with Crippen LogP contribution in [0.15, 0.2) is 52.9 Å². The third-order valence-electron chi connectivity index (χ3n) is 7.23. The summed E-state index contributed by atoms with van der Waals surface area (Å²) in [5, 5.41) is 19.0. The number of nitrogens with zero attached hydrogens (tertiary/aromatic N) is 7. The molecule has 0 saturated heterocycles. The molecule has 4 heterocycles. The van der Waals surface area contributed by atoms with Gasteiger partial charge in [0.1, 0.15) is 16.7 Å². The number of ether oxygens (including phenoxy) is 1. The van der Waals surface area contributed by atoms with Gasteiger partial charge in [-0.2, -0.15) is 15.5 Å². The largest absolute Gasteiger partial charge is 0.444 e. The molecule has 0 radical (unpaired) electrons. The van der Waals surface area contributed by atoms with Gasteiger partial charge in [-0.1, -0.05) is 11.8 Å². The van der Waals surface area contributed by atoms with Crippen molar-refractivity contribution >= 4 is 23.4 Å². The Bertz CT molecular complexity index is 1590. The fourth-order valence-corrected chi connectivity index (χ4v) is 6.16. The molecule has 0 aromatic carbocycles. The van der Waals surface area contributed by atoms with Crippen molar-refractivity contribution in [3.8, 4) is 17.2 Å². The standard InChI is InChI=1S/C29H32FN7O2S/c1-18-23(16-34-37(18)22-10-8-21(9-11-22)35(5)28(38)39-29(2,3)4)19-13-25(40-27-24(30)7-6-12-32-27)26-20(14-31)15-33-36(26)17-19/h6-7,12-13,15-17,21-22H,8-11H2,1-5H3/t21-,22+. The smallest absolute Gasteiger partial charge is 0.410 e. The van der Waals surface area contributed by atoms with Crippen molar-refractivity contribution in [2.24, 2.45) is 0 Å². The van der Waals surface area contributed by atoms with Crippen molar-refractivity contribution in [1.29, 1.82) is 5.26 Å². The molecule has 0 atom stereocenters. The number of hydrogen-bond donors (Lipinski definition) is 0. The third kappa shape index (κ3) is 5.54. The van der Waals surface area contributed by atoms with Gasteiger partial charge in [0, 0.05) is 47.2 Å². The number of hydrogen-bond acceptors (Lipinski definition) is 7. The predicted octanol–water partition coefficient (Wildman–Crippen LogP) is 6.41. The van der Waals surface area contributed by atoms with Crippen LogP contribution >= 0.6 is 11.8 Å². The lowest BCUT2D eigenvalue weighted by molar-refractivity contribution is 0.0172. The number of pyridine rings is 2. The number of carbonyl (C=O) groups is 1. The highest BCUT2D eigenvalue weighted by atomic mass is 32.2. The maximum atomic E-state index is 14.5. The molecule has 0 unspecified atom stereocenters. The lowest BCUT2D eigenvalue weighted by atomic mass is 9.90. The molecule has 5 rings (SSSR count). The SMILES string of the molecule is Cc1c(-c2cc(Sc3ncccc3F)c3c(C#N)cnn3c2)cnn1[C@H]1CC[C@@H](N(C)C(=O)OC(C)(C)C)CC1. The number of nitriles is 1. The molecular weight excluding hydrogens is 529 g/mol. The highest BCUT2D eigenvalue weighted by molar-refractivity contribution is 7.99. The van der Waals surface area contributed by atoms with E-state index in [-0.39, 0.29) is 23.2 Å². The second kappa shape index (κ2) is 10.9. The van der Waals surface area contributed by atoms with Gasteiger partial charge in [-0.25, -0.2) is 18.7 Å². The molecule has 0 bridgehead atoms. The first-order chi connectivity index (χ1) is 19.1. The Hall–Kier alpha value is -3.91. The van der Waals surface area contributed by atoms with Gasteiger partial charge >= 0.3 is 6.09 Å². The van der Waals surface area contributed by atoms with E-state index in [1.807, 2.05) is 53.2 Å². The van der Waals surface area contributed by atoms with E-state index in [4.69, 9.17) is 9.84 Å². The lowest BCUT2D eigenvalue weighted by Crippen LogP contribution is -2.42. The maximum absolute atomic E-state index is 14.5. The zero-order chi connectivity index (χ0) is 28.6. The molecule has 0 aliphatic heterocycles. The topological polar surface area (TPSA) is 101 Å². The second-order valence-electron chi connectivity index (χ2n) is 11.1. The molecule has 4 aromatic heterocycles. The molecule has 40 heavy (non-hydrogen) atoms. The summed E-state index contributed by atoms with van der Waals surface area (Å²) in [4.78, 5) is 19.1. The van der Waals surface area contributed by atoms with Crippen molar-refractivity contribution in [1.82, 2.24) is 29.3 Å². The summed E-state index contributed by atoms with van der Waals surface area (Å²) in [6.07, 6.45) is 10.00. The van der Waals surface area contributed by atoms with E-state index in [1.165, 1.54) is 24.0 Å². The van der Waals surface area contributed by atoms with Gasteiger partial charge in [-0.05, 0) is 71.6 Å². The van der Waals surface area contributed by atoms with Crippen LogP contribution in [0.25, 0.3) is 16.6 Å². The zero-order valence-electron chi connectivity index (χ0n) is 23.3. The second-order valence-corrected chi connectivity index (χ2v) is 12.1. The van der Waals surface area contributed by atoms with Crippen LogP contribution in [0, 0.1) is 24.1 Å². The molecule has 208 valence electrons. The quantitative estimate of drug-likeness (QED) is 0.277. The molecule has 1 amide bonds. The Kier molecular flexibility index (Phi) is 7.55. The zero-order valence-corrected chi connectivity index (χ0v) is 24.1. The minimum atomic E-state index is -0.523. The molecule has 0 N–H and O–H groups in total. The Labute approximate surface area is 236 Å². The number of halogens is 1. The average Bonchev–Trinajstić information content (AvgIpc) is 3.52. The number of fused-ring (bicyclic) bond motifs is 1. The summed E-state index contributed by atoms with van der Waals surface area (Å²) in [6.45, 7) is 7.66. The van der Waals surface area contributed by atoms with Crippen LogP contribution in [0.3, 0.4) is 0 Å². The summed E-state index contributed by atoms with van der Waals surface area (Å²) in [7, 11) is 1.81. The Morgan fingerprint density at radius 2 is 1.98 bits per heavy atom. The number of aromatic nitrogens is 5. The van der Waals surface area contributed by atoms with Crippen molar-refractivity contribution in [3.63, 3.8) is 0 Å². The van der Waals surface area contributed by atoms with Crippen molar-refractivity contribution in [2.75, 3.05) is 7.05 Å². The Morgan fingerprint density at radius 1 is 1.23 bits per heavy atom. The number of amides is 1. The molecule has 4 aromatic rings. The summed E-state index contributed by atoms with van der Waals surface area (Å²) in [5.41, 5.74) is 3.30. The summed E-state index contributed by atoms with van der Waals surface area (Å²) in [5.74, 6) is -0.425. The van der Waals surface area contributed by atoms with Gasteiger partial charge in [0.25, 0.3) is 0 Å². The molecule has 11 heteroatoms. The molecule has 1 aliphatic rings. The van der Waals surface area contributed by atoms with Gasteiger partial charge in [0.05, 0.1) is 29.5 Å². The minimum absolute atomic E-state index is 0.129. The van der Waals surface area contributed by atoms with Crippen molar-refractivity contribution in [2.45, 2.75) is 81.0 Å². The summed E-state index contributed by atoms with van der Waals surface area (Å²) in [6, 6.07) is 7.38. The van der Waals surface area contributed by atoms with Crippen molar-refractivity contribution < 1.29 is 13.9 Å². The molecule has 9 nitrogen and oxygen atoms in total. The first-order valence-corrected chi connectivity index (χ1v) is 14.1. The van der Waals surface area contributed by atoms with E-state index in [0.29, 0.717) is 16.0 Å². The van der Waals surface area contributed by atoms with E-state index in [2.05, 4.69) is 20.8 Å². The molecule has 1 saturated carbocycles. The molecule has 1 aliphatic carbocycles. The van der Waals surface area contributed by atoms with E-state index >= 15 is 0 Å². The lowest BCUT2D eigenvalue weighted by Gasteiger charge is -2.35. The van der Waals surface area contributed by atoms with Crippen LogP contribution in [-0.4, -0.2) is 54.1 Å². The van der Waals surface area contributed by atoms with Gasteiger partial charge < -0.3 is 9.64 Å². The first kappa shape index (κ1) is 27.6. The average molecular weight is 562 g/mol. The highest BCUT2D eigenvalue weighted by Crippen LogP contribution is 2.38. The van der Waals surface area contributed by atoms with Gasteiger partial charge in [0.15, 0.2) is 5.82 Å². The number of rotatable bonds is 5. The maximum Gasteiger partial charge on any atom is 0.410 e. The van der Waals surface area contributed by atoms with Crippen molar-refractivity contribution in [3.05, 3.63) is 60.1 Å². The van der Waals surface area contributed by atoms with E-state index in [1.54, 1.807) is 21.7 Å². The van der Waals surface area contributed by atoms with Crippen LogP contribution in [0.4, 0.5) is 9.18 Å². The Morgan fingerprint density at radius 3 is 2.65 bits per heavy atom. The Balaban J connectivity index is 1.39. The predicted molar refractivity (Wildman–Crippen MR) is 149 cm³/mol. The van der Waals surface area contributed by atoms with Gasteiger partial charge in [-0.3, -0.25) is 4.68 Å². The number of carbonyl (C=O) groups excluding carboxylic acids is 1. The van der Waals surface area contributed by atoms with Crippen LogP contribution in [-0.2, 0) is 4.74 Å². The van der Waals surface area contributed by atoms with E-state index in [0.717, 1.165) is 42.5 Å². The van der Waals surface area contributed by atoms with Gasteiger partial charge in [0.2, 0.25) is 0 Å². The van der Waals surface area contributed by atoms with Crippen LogP contribution in [0.2, 0.25) is 0 Å². The molecule has 1 fully saturated rings. The van der Waals surface area contributed by atoms with Gasteiger partial charge in [-0.15, -0.1) is 0 Å². The van der Waals surface area contributed by atoms with Crippen LogP contribution in [0.1, 0.15) is 63.8 Å². The van der Waals surface area contributed by atoms with Crippen LogP contribution in [0.5, 0.6) is 0 Å². The normalized spacial score (nSPS) is 17.5. The fourth-order valence-electron chi connectivity index (χ4n) is 5.19. The van der Waals surface area contributed by atoms with Crippen LogP contribution < -0.4 is 0 Å². The fraction of sp³-hybridized carbons (Fsp3) is 0.414. The third-order valence-corrected chi connectivity index (χ3v) is 8.25. The van der Waals surface area contributed by atoms with E-state index < -0.39 is 11.4 Å². The summed E-state index contributed by atoms with van der Waals surface area (Å²) >= 11 is 1.17. The monoisotopic (exact) mass is 561 g/mol. The summed E-state index contributed by atoms with van der Waals surface area (Å²) < 4.78 is 23.7.